The molecule has 0 aliphatic carbocycles. The van der Waals surface area contributed by atoms with Gasteiger partial charge in [-0.15, -0.1) is 0 Å². The summed E-state index contributed by atoms with van der Waals surface area (Å²) in [6.45, 7) is 3.89. The van der Waals surface area contributed by atoms with Gasteiger partial charge in [0.1, 0.15) is 12.4 Å². The first-order valence-corrected chi connectivity index (χ1v) is 7.26. The summed E-state index contributed by atoms with van der Waals surface area (Å²) in [5.41, 5.74) is 5.28. The number of benzene rings is 1. The van der Waals surface area contributed by atoms with E-state index in [0.717, 1.165) is 23.8 Å². The minimum absolute atomic E-state index is 0.357. The van der Waals surface area contributed by atoms with E-state index in [1.807, 2.05) is 30.5 Å². The van der Waals surface area contributed by atoms with Gasteiger partial charge in [-0.3, -0.25) is 15.2 Å². The third-order valence-corrected chi connectivity index (χ3v) is 3.98. The molecule has 2 heterocycles. The minimum Gasteiger partial charge on any atom is -0.497 e. The van der Waals surface area contributed by atoms with Crippen LogP contribution in [0.15, 0.2) is 36.0 Å². The molecule has 0 saturated carbocycles. The van der Waals surface area contributed by atoms with Crippen LogP contribution in [-0.4, -0.2) is 38.3 Å². The summed E-state index contributed by atoms with van der Waals surface area (Å²) in [5, 5.41) is 0. The number of methoxy groups -OCH3 is 1. The SMILES string of the molecule is COc1cccc(C#CCON/C=C2\CN3CC[C@@H]2C3)c1. The Kier molecular flexibility index (Phi) is 4.44. The highest BCUT2D eigenvalue weighted by Gasteiger charge is 2.33. The first kappa shape index (κ1) is 14.0. The second-order valence-electron chi connectivity index (χ2n) is 5.38. The van der Waals surface area contributed by atoms with E-state index in [0.29, 0.717) is 6.61 Å². The van der Waals surface area contributed by atoms with Crippen LogP contribution >= 0.6 is 0 Å². The molecule has 4 nitrogen and oxygen atoms in total. The number of rotatable bonds is 4. The normalized spacial score (nSPS) is 24.7. The number of fused-ring (bicyclic) bond motifs is 2. The lowest BCUT2D eigenvalue weighted by Crippen LogP contribution is -2.19. The predicted octanol–water partition coefficient (Wildman–Crippen LogP) is 1.79. The van der Waals surface area contributed by atoms with Crippen molar-refractivity contribution in [2.45, 2.75) is 6.42 Å². The Morgan fingerprint density at radius 2 is 2.43 bits per heavy atom. The molecule has 3 rings (SSSR count). The molecule has 0 radical (unpaired) electrons. The number of hydrogen-bond donors (Lipinski definition) is 1. The molecule has 1 N–H and O–H groups in total. The van der Waals surface area contributed by atoms with E-state index in [1.165, 1.54) is 25.1 Å². The zero-order chi connectivity index (χ0) is 14.5. The van der Waals surface area contributed by atoms with E-state index >= 15 is 0 Å². The van der Waals surface area contributed by atoms with Gasteiger partial charge in [0.15, 0.2) is 0 Å². The van der Waals surface area contributed by atoms with Crippen molar-refractivity contribution in [3.05, 3.63) is 41.6 Å². The maximum Gasteiger partial charge on any atom is 0.135 e. The Labute approximate surface area is 125 Å². The monoisotopic (exact) mass is 284 g/mol. The van der Waals surface area contributed by atoms with Crippen LogP contribution in [0.4, 0.5) is 0 Å². The van der Waals surface area contributed by atoms with Gasteiger partial charge in [-0.2, -0.15) is 0 Å². The van der Waals surface area contributed by atoms with Gasteiger partial charge >= 0.3 is 0 Å². The van der Waals surface area contributed by atoms with E-state index in [-0.39, 0.29) is 0 Å². The molecule has 1 unspecified atom stereocenters. The van der Waals surface area contributed by atoms with Gasteiger partial charge in [-0.25, -0.2) is 0 Å². The van der Waals surface area contributed by atoms with Crippen LogP contribution in [-0.2, 0) is 4.84 Å². The summed E-state index contributed by atoms with van der Waals surface area (Å²) >= 11 is 0. The number of hydroxylamine groups is 1. The fraction of sp³-hybridized carbons (Fsp3) is 0.412. The number of hydrogen-bond acceptors (Lipinski definition) is 4. The Hall–Kier alpha value is -1.96. The Morgan fingerprint density at radius 1 is 1.48 bits per heavy atom. The molecule has 1 aromatic rings. The first-order valence-electron chi connectivity index (χ1n) is 7.26. The van der Waals surface area contributed by atoms with Gasteiger partial charge < -0.3 is 4.74 Å². The lowest BCUT2D eigenvalue weighted by Gasteiger charge is -2.14. The van der Waals surface area contributed by atoms with E-state index < -0.39 is 0 Å². The van der Waals surface area contributed by atoms with Crippen LogP contribution in [0, 0.1) is 17.8 Å². The standard InChI is InChI=1S/C17H20N2O2/c1-20-17-6-2-4-14(10-17)5-3-9-21-18-11-16-13-19-8-7-15(16)12-19/h2,4,6,10-11,15,18H,7-9,12-13H2,1H3/b16-11+/t15-/m1/s1. The van der Waals surface area contributed by atoms with Crippen molar-refractivity contribution in [3.8, 4) is 17.6 Å². The summed E-state index contributed by atoms with van der Waals surface area (Å²) in [5.74, 6) is 7.58. The van der Waals surface area contributed by atoms with Crippen LogP contribution in [0.3, 0.4) is 0 Å². The predicted molar refractivity (Wildman–Crippen MR) is 81.6 cm³/mol. The van der Waals surface area contributed by atoms with E-state index in [1.54, 1.807) is 7.11 Å². The Bertz CT molecular complexity index is 586. The molecule has 2 atom stereocenters. The molecule has 21 heavy (non-hydrogen) atoms. The van der Waals surface area contributed by atoms with E-state index in [2.05, 4.69) is 22.2 Å². The van der Waals surface area contributed by atoms with Crippen molar-refractivity contribution in [3.63, 3.8) is 0 Å². The Balaban J connectivity index is 1.42. The van der Waals surface area contributed by atoms with E-state index in [4.69, 9.17) is 9.57 Å². The van der Waals surface area contributed by atoms with Crippen molar-refractivity contribution >= 4 is 0 Å². The molecule has 2 aliphatic rings. The quantitative estimate of drug-likeness (QED) is 0.519. The highest BCUT2D eigenvalue weighted by Crippen LogP contribution is 2.31. The van der Waals surface area contributed by atoms with Gasteiger partial charge in [-0.1, -0.05) is 17.9 Å². The summed E-state index contributed by atoms with van der Waals surface area (Å²) in [4.78, 5) is 7.80. The van der Waals surface area contributed by atoms with Crippen molar-refractivity contribution in [1.82, 2.24) is 10.4 Å². The summed E-state index contributed by atoms with van der Waals surface area (Å²) in [6, 6.07) is 7.69. The molecule has 0 spiro atoms. The third kappa shape index (κ3) is 3.57. The zero-order valence-corrected chi connectivity index (χ0v) is 12.3. The summed E-state index contributed by atoms with van der Waals surface area (Å²) in [7, 11) is 1.65. The van der Waals surface area contributed by atoms with Gasteiger partial charge in [0.05, 0.1) is 7.11 Å². The molecule has 2 aliphatic heterocycles. The first-order chi connectivity index (χ1) is 10.3. The molecule has 2 saturated heterocycles. The van der Waals surface area contributed by atoms with Crippen molar-refractivity contribution in [2.75, 3.05) is 33.4 Å². The number of nitrogens with zero attached hydrogens (tertiary/aromatic N) is 1. The molecule has 2 bridgehead atoms. The molecular weight excluding hydrogens is 264 g/mol. The van der Waals surface area contributed by atoms with Gasteiger partial charge in [0.25, 0.3) is 0 Å². The molecule has 0 aromatic heterocycles. The number of nitrogens with one attached hydrogen (secondary N) is 1. The second kappa shape index (κ2) is 6.66. The van der Waals surface area contributed by atoms with Crippen LogP contribution in [0.25, 0.3) is 0 Å². The van der Waals surface area contributed by atoms with Crippen molar-refractivity contribution < 1.29 is 9.57 Å². The lowest BCUT2D eigenvalue weighted by molar-refractivity contribution is 0.0985. The smallest absolute Gasteiger partial charge is 0.135 e. The molecule has 2 fully saturated rings. The number of ether oxygens (including phenoxy) is 1. The molecule has 1 aromatic carbocycles. The largest absolute Gasteiger partial charge is 0.497 e. The summed E-state index contributed by atoms with van der Waals surface area (Å²) in [6.07, 6.45) is 3.28. The van der Waals surface area contributed by atoms with Crippen molar-refractivity contribution in [1.29, 1.82) is 0 Å². The van der Waals surface area contributed by atoms with Gasteiger partial charge in [0, 0.05) is 24.9 Å². The van der Waals surface area contributed by atoms with Gasteiger partial charge in [0.2, 0.25) is 0 Å². The molecule has 0 amide bonds. The molecule has 110 valence electrons. The molecule has 4 heteroatoms. The topological polar surface area (TPSA) is 33.7 Å². The lowest BCUT2D eigenvalue weighted by atomic mass is 10.0. The Morgan fingerprint density at radius 3 is 3.19 bits per heavy atom. The maximum absolute atomic E-state index is 5.33. The highest BCUT2D eigenvalue weighted by molar-refractivity contribution is 5.39. The fourth-order valence-electron chi connectivity index (χ4n) is 2.86. The average Bonchev–Trinajstić information content (AvgIpc) is 3.13. The minimum atomic E-state index is 0.357. The maximum atomic E-state index is 5.33. The second-order valence-corrected chi connectivity index (χ2v) is 5.38. The van der Waals surface area contributed by atoms with E-state index in [9.17, 15) is 0 Å². The van der Waals surface area contributed by atoms with Gasteiger partial charge in [-0.05, 0) is 42.7 Å². The highest BCUT2D eigenvalue weighted by atomic mass is 16.6. The molecular formula is C17H20N2O2. The van der Waals surface area contributed by atoms with Crippen LogP contribution in [0.2, 0.25) is 0 Å². The third-order valence-electron chi connectivity index (χ3n) is 3.98. The van der Waals surface area contributed by atoms with Crippen molar-refractivity contribution in [2.24, 2.45) is 5.92 Å². The number of piperidine rings is 1. The average molecular weight is 284 g/mol. The van der Waals surface area contributed by atoms with Crippen LogP contribution in [0.1, 0.15) is 12.0 Å². The zero-order valence-electron chi connectivity index (χ0n) is 12.3. The summed E-state index contributed by atoms with van der Waals surface area (Å²) < 4.78 is 5.16. The fourth-order valence-corrected chi connectivity index (χ4v) is 2.86. The van der Waals surface area contributed by atoms with Crippen LogP contribution < -0.4 is 10.2 Å². The van der Waals surface area contributed by atoms with Crippen LogP contribution in [0.5, 0.6) is 5.75 Å².